The largest absolute Gasteiger partial charge is 0.326 e. The first-order valence-electron chi connectivity index (χ1n) is 9.81. The van der Waals surface area contributed by atoms with Gasteiger partial charge in [0, 0.05) is 18.8 Å². The lowest BCUT2D eigenvalue weighted by Crippen LogP contribution is -2.44. The third-order valence-corrected chi connectivity index (χ3v) is 7.17. The van der Waals surface area contributed by atoms with E-state index in [0.29, 0.717) is 19.4 Å². The number of benzene rings is 2. The van der Waals surface area contributed by atoms with Crippen LogP contribution in [-0.4, -0.2) is 31.7 Å². The zero-order valence-corrected chi connectivity index (χ0v) is 17.3. The SMILES string of the molecule is CCc1ccc(NC(=O)[C@@H]2CCCN(S(=O)(=O)Cc3ccccc3C)C2)cc1. The monoisotopic (exact) mass is 400 g/mol. The molecule has 1 heterocycles. The van der Waals surface area contributed by atoms with E-state index in [1.165, 1.54) is 9.87 Å². The van der Waals surface area contributed by atoms with Gasteiger partial charge in [-0.15, -0.1) is 0 Å². The molecule has 0 aliphatic carbocycles. The van der Waals surface area contributed by atoms with Crippen LogP contribution in [0.25, 0.3) is 0 Å². The van der Waals surface area contributed by atoms with Crippen LogP contribution in [0.1, 0.15) is 36.5 Å². The molecule has 1 aliphatic heterocycles. The molecule has 28 heavy (non-hydrogen) atoms. The maximum absolute atomic E-state index is 12.9. The standard InChI is InChI=1S/C22H28N2O3S/c1-3-18-10-12-21(13-11-18)23-22(25)19-9-6-14-24(15-19)28(26,27)16-20-8-5-4-7-17(20)2/h4-5,7-8,10-13,19H,3,6,9,14-16H2,1-2H3,(H,23,25)/t19-/m1/s1. The molecule has 2 aromatic rings. The number of aryl methyl sites for hydroxylation is 2. The second-order valence-electron chi connectivity index (χ2n) is 7.42. The Labute approximate surface area is 167 Å². The fourth-order valence-corrected chi connectivity index (χ4v) is 5.25. The molecule has 0 saturated carbocycles. The molecule has 1 saturated heterocycles. The number of anilines is 1. The van der Waals surface area contributed by atoms with Crippen molar-refractivity contribution in [2.45, 2.75) is 38.9 Å². The summed E-state index contributed by atoms with van der Waals surface area (Å²) >= 11 is 0. The first-order valence-corrected chi connectivity index (χ1v) is 11.4. The summed E-state index contributed by atoms with van der Waals surface area (Å²) in [5.74, 6) is -0.460. The van der Waals surface area contributed by atoms with E-state index in [-0.39, 0.29) is 24.1 Å². The van der Waals surface area contributed by atoms with Crippen molar-refractivity contribution in [1.82, 2.24) is 4.31 Å². The number of rotatable bonds is 6. The Balaban J connectivity index is 1.65. The molecule has 0 spiro atoms. The number of nitrogens with zero attached hydrogens (tertiary/aromatic N) is 1. The average Bonchev–Trinajstić information content (AvgIpc) is 2.70. The lowest BCUT2D eigenvalue weighted by molar-refractivity contribution is -0.120. The van der Waals surface area contributed by atoms with Crippen LogP contribution in [0.5, 0.6) is 0 Å². The van der Waals surface area contributed by atoms with Crippen molar-refractivity contribution in [2.75, 3.05) is 18.4 Å². The molecule has 1 amide bonds. The van der Waals surface area contributed by atoms with E-state index in [0.717, 1.165) is 23.2 Å². The number of amides is 1. The van der Waals surface area contributed by atoms with Gasteiger partial charge in [0.25, 0.3) is 0 Å². The summed E-state index contributed by atoms with van der Waals surface area (Å²) < 4.78 is 27.3. The molecule has 1 aliphatic rings. The van der Waals surface area contributed by atoms with Gasteiger partial charge in [-0.2, -0.15) is 0 Å². The maximum Gasteiger partial charge on any atom is 0.228 e. The van der Waals surface area contributed by atoms with Gasteiger partial charge in [-0.25, -0.2) is 12.7 Å². The minimum absolute atomic E-state index is 0.0213. The van der Waals surface area contributed by atoms with Crippen molar-refractivity contribution in [3.8, 4) is 0 Å². The van der Waals surface area contributed by atoms with Gasteiger partial charge in [0.1, 0.15) is 0 Å². The topological polar surface area (TPSA) is 66.5 Å². The van der Waals surface area contributed by atoms with Crippen LogP contribution in [0.2, 0.25) is 0 Å². The van der Waals surface area contributed by atoms with Crippen LogP contribution in [0, 0.1) is 12.8 Å². The van der Waals surface area contributed by atoms with Gasteiger partial charge < -0.3 is 5.32 Å². The van der Waals surface area contributed by atoms with Crippen molar-refractivity contribution in [3.63, 3.8) is 0 Å². The summed E-state index contributed by atoms with van der Waals surface area (Å²) in [5.41, 5.74) is 3.74. The molecule has 2 aromatic carbocycles. The van der Waals surface area contributed by atoms with Gasteiger partial charge in [-0.1, -0.05) is 43.3 Å². The van der Waals surface area contributed by atoms with Crippen LogP contribution in [0.15, 0.2) is 48.5 Å². The van der Waals surface area contributed by atoms with Crippen molar-refractivity contribution in [1.29, 1.82) is 0 Å². The highest BCUT2D eigenvalue weighted by atomic mass is 32.2. The summed E-state index contributed by atoms with van der Waals surface area (Å²) in [4.78, 5) is 12.7. The molecule has 0 bridgehead atoms. The van der Waals surface area contributed by atoms with Crippen molar-refractivity contribution in [3.05, 3.63) is 65.2 Å². The van der Waals surface area contributed by atoms with Crippen LogP contribution >= 0.6 is 0 Å². The lowest BCUT2D eigenvalue weighted by Gasteiger charge is -2.31. The van der Waals surface area contributed by atoms with Crippen LogP contribution in [0.4, 0.5) is 5.69 Å². The van der Waals surface area contributed by atoms with E-state index in [1.54, 1.807) is 0 Å². The zero-order chi connectivity index (χ0) is 20.1. The van der Waals surface area contributed by atoms with E-state index in [2.05, 4.69) is 12.2 Å². The average molecular weight is 401 g/mol. The fourth-order valence-electron chi connectivity index (χ4n) is 3.54. The Kier molecular flexibility index (Phi) is 6.52. The number of hydrogen-bond donors (Lipinski definition) is 1. The van der Waals surface area contributed by atoms with Crippen molar-refractivity contribution < 1.29 is 13.2 Å². The van der Waals surface area contributed by atoms with Crippen molar-refractivity contribution in [2.24, 2.45) is 5.92 Å². The number of hydrogen-bond acceptors (Lipinski definition) is 3. The molecule has 0 aromatic heterocycles. The highest BCUT2D eigenvalue weighted by Gasteiger charge is 2.32. The van der Waals surface area contributed by atoms with E-state index in [4.69, 9.17) is 0 Å². The normalized spacial score (nSPS) is 18.0. The van der Waals surface area contributed by atoms with Gasteiger partial charge in [0.2, 0.25) is 15.9 Å². The van der Waals surface area contributed by atoms with E-state index < -0.39 is 10.0 Å². The third-order valence-electron chi connectivity index (χ3n) is 5.38. The molecule has 6 heteroatoms. The second-order valence-corrected chi connectivity index (χ2v) is 9.39. The molecule has 1 N–H and O–H groups in total. The van der Waals surface area contributed by atoms with Gasteiger partial charge in [-0.05, 0) is 55.0 Å². The molecular weight excluding hydrogens is 372 g/mol. The molecular formula is C22H28N2O3S. The summed E-state index contributed by atoms with van der Waals surface area (Å²) in [5, 5.41) is 2.93. The molecule has 1 fully saturated rings. The third kappa shape index (κ3) is 5.00. The Morgan fingerprint density at radius 1 is 1.14 bits per heavy atom. The van der Waals surface area contributed by atoms with Crippen LogP contribution < -0.4 is 5.32 Å². The van der Waals surface area contributed by atoms with E-state index >= 15 is 0 Å². The number of piperidine rings is 1. The van der Waals surface area contributed by atoms with E-state index in [1.807, 2.05) is 55.5 Å². The maximum atomic E-state index is 12.9. The smallest absolute Gasteiger partial charge is 0.228 e. The summed E-state index contributed by atoms with van der Waals surface area (Å²) in [6.45, 7) is 4.72. The first kappa shape index (κ1) is 20.6. The van der Waals surface area contributed by atoms with Crippen molar-refractivity contribution >= 4 is 21.6 Å². The highest BCUT2D eigenvalue weighted by Crippen LogP contribution is 2.24. The quantitative estimate of drug-likeness (QED) is 0.803. The van der Waals surface area contributed by atoms with Gasteiger partial charge >= 0.3 is 0 Å². The van der Waals surface area contributed by atoms with Crippen LogP contribution in [-0.2, 0) is 27.0 Å². The predicted molar refractivity (Wildman–Crippen MR) is 113 cm³/mol. The summed E-state index contributed by atoms with van der Waals surface area (Å²) in [6, 6.07) is 15.3. The minimum atomic E-state index is -3.45. The zero-order valence-electron chi connectivity index (χ0n) is 16.5. The number of carbonyl (C=O) groups excluding carboxylic acids is 1. The highest BCUT2D eigenvalue weighted by molar-refractivity contribution is 7.88. The van der Waals surface area contributed by atoms with Gasteiger partial charge in [0.15, 0.2) is 0 Å². The Bertz CT molecular complexity index is 923. The summed E-state index contributed by atoms with van der Waals surface area (Å²) in [6.07, 6.45) is 2.35. The summed E-state index contributed by atoms with van der Waals surface area (Å²) in [7, 11) is -3.45. The number of sulfonamides is 1. The Hall–Kier alpha value is -2.18. The first-order chi connectivity index (χ1) is 13.4. The predicted octanol–water partition coefficient (Wildman–Crippen LogP) is 3.74. The molecule has 150 valence electrons. The Morgan fingerprint density at radius 3 is 2.54 bits per heavy atom. The molecule has 1 atom stereocenters. The van der Waals surface area contributed by atoms with Gasteiger partial charge in [0.05, 0.1) is 11.7 Å². The second kappa shape index (κ2) is 8.88. The van der Waals surface area contributed by atoms with Gasteiger partial charge in [-0.3, -0.25) is 4.79 Å². The van der Waals surface area contributed by atoms with E-state index in [9.17, 15) is 13.2 Å². The van der Waals surface area contributed by atoms with Crippen LogP contribution in [0.3, 0.4) is 0 Å². The minimum Gasteiger partial charge on any atom is -0.326 e. The molecule has 0 unspecified atom stereocenters. The number of carbonyl (C=O) groups is 1. The fraction of sp³-hybridized carbons (Fsp3) is 0.409. The number of nitrogens with one attached hydrogen (secondary N) is 1. The lowest BCUT2D eigenvalue weighted by atomic mass is 9.98. The molecule has 3 rings (SSSR count). The molecule has 5 nitrogen and oxygen atoms in total. The molecule has 0 radical (unpaired) electrons. The Morgan fingerprint density at radius 2 is 1.86 bits per heavy atom.